The molecule has 0 saturated heterocycles. The number of hydrogen-bond acceptors (Lipinski definition) is 10. The zero-order chi connectivity index (χ0) is 22.3. The van der Waals surface area contributed by atoms with E-state index in [2.05, 4.69) is 15.0 Å². The van der Waals surface area contributed by atoms with Crippen LogP contribution in [0, 0.1) is 5.41 Å². The Balaban J connectivity index is 2.27. The van der Waals surface area contributed by atoms with Gasteiger partial charge in [0, 0.05) is 32.7 Å². The highest BCUT2D eigenvalue weighted by atomic mass is 35.5. The lowest BCUT2D eigenvalue weighted by atomic mass is 9.82. The van der Waals surface area contributed by atoms with Gasteiger partial charge in [-0.1, -0.05) is 11.6 Å². The number of aryl methyl sites for hydroxylation is 1. The highest BCUT2D eigenvalue weighted by Gasteiger charge is 2.34. The quantitative estimate of drug-likeness (QED) is 0.326. The Morgan fingerprint density at radius 3 is 2.20 bits per heavy atom. The number of carbonyl (C=O) groups excluding carboxylic acids is 3. The van der Waals surface area contributed by atoms with Gasteiger partial charge in [0.25, 0.3) is 0 Å². The summed E-state index contributed by atoms with van der Waals surface area (Å²) >= 11 is 6.06. The van der Waals surface area contributed by atoms with Crippen LogP contribution in [0.5, 0.6) is 0 Å². The highest BCUT2D eigenvalue weighted by Crippen LogP contribution is 2.30. The summed E-state index contributed by atoms with van der Waals surface area (Å²) in [4.78, 5) is 46.3. The summed E-state index contributed by atoms with van der Waals surface area (Å²) < 4.78 is 17.2. The van der Waals surface area contributed by atoms with Crippen LogP contribution in [-0.4, -0.2) is 57.2 Å². The number of aromatic nitrogens is 4. The van der Waals surface area contributed by atoms with Gasteiger partial charge in [-0.15, -0.1) is 0 Å². The van der Waals surface area contributed by atoms with E-state index in [4.69, 9.17) is 31.5 Å². The zero-order valence-electron chi connectivity index (χ0n) is 17.0. The lowest BCUT2D eigenvalue weighted by Crippen LogP contribution is -2.36. The summed E-state index contributed by atoms with van der Waals surface area (Å²) in [7, 11) is 0. The van der Waals surface area contributed by atoms with Crippen molar-refractivity contribution in [3.8, 4) is 0 Å². The number of carbonyl (C=O) groups is 3. The molecule has 2 aromatic heterocycles. The predicted octanol–water partition coefficient (Wildman–Crippen LogP) is 1.52. The highest BCUT2D eigenvalue weighted by molar-refractivity contribution is 6.33. The molecule has 30 heavy (non-hydrogen) atoms. The van der Waals surface area contributed by atoms with Gasteiger partial charge in [0.05, 0.1) is 12.9 Å². The molecule has 0 spiro atoms. The number of hydrogen-bond donors (Lipinski definition) is 1. The van der Waals surface area contributed by atoms with Gasteiger partial charge < -0.3 is 24.5 Å². The molecular weight excluding hydrogens is 418 g/mol. The van der Waals surface area contributed by atoms with Crippen LogP contribution >= 0.6 is 11.6 Å². The van der Waals surface area contributed by atoms with Gasteiger partial charge >= 0.3 is 17.9 Å². The Bertz CT molecular complexity index is 913. The number of nitrogen functional groups attached to an aromatic ring is 1. The maximum absolute atomic E-state index is 11.4. The number of rotatable bonds is 10. The maximum atomic E-state index is 11.4. The fraction of sp³-hybridized carbons (Fsp3) is 0.556. The molecule has 0 aliphatic carbocycles. The smallest absolute Gasteiger partial charge is 0.302 e. The van der Waals surface area contributed by atoms with E-state index in [1.165, 1.54) is 20.8 Å². The van der Waals surface area contributed by atoms with E-state index in [1.807, 2.05) is 0 Å². The third kappa shape index (κ3) is 6.55. The van der Waals surface area contributed by atoms with Crippen LogP contribution in [0.4, 0.5) is 5.95 Å². The second-order valence-electron chi connectivity index (χ2n) is 6.88. The number of fused-ring (bicyclic) bond motifs is 1. The number of esters is 3. The summed E-state index contributed by atoms with van der Waals surface area (Å²) in [6.45, 7) is 4.25. The number of imidazole rings is 1. The standard InChI is InChI=1S/C18H24ClN5O6/c1-11(25)28-7-5-18(8-29-12(2)26,9-30-13(3)27)4-6-24-10-21-14-15(19)22-17(20)23-16(14)24/h10H,4-9H2,1-3H3,(H2,20,22,23). The van der Waals surface area contributed by atoms with Gasteiger partial charge in [-0.25, -0.2) is 4.98 Å². The van der Waals surface area contributed by atoms with E-state index in [0.717, 1.165) is 0 Å². The Morgan fingerprint density at radius 2 is 1.63 bits per heavy atom. The molecule has 0 aliphatic rings. The van der Waals surface area contributed by atoms with Gasteiger partial charge in [-0.2, -0.15) is 9.97 Å². The molecule has 2 aromatic rings. The topological polar surface area (TPSA) is 149 Å². The van der Waals surface area contributed by atoms with Crippen LogP contribution in [-0.2, 0) is 35.1 Å². The molecule has 0 unspecified atom stereocenters. The molecule has 0 atom stereocenters. The van der Waals surface area contributed by atoms with Crippen molar-refractivity contribution in [2.75, 3.05) is 25.6 Å². The van der Waals surface area contributed by atoms with Crippen molar-refractivity contribution in [1.29, 1.82) is 0 Å². The lowest BCUT2D eigenvalue weighted by molar-refractivity contribution is -0.155. The molecule has 0 aromatic carbocycles. The molecule has 0 aliphatic heterocycles. The van der Waals surface area contributed by atoms with Crippen molar-refractivity contribution < 1.29 is 28.6 Å². The molecule has 0 fully saturated rings. The zero-order valence-corrected chi connectivity index (χ0v) is 17.8. The Labute approximate surface area is 177 Å². The number of nitrogens with two attached hydrogens (primary N) is 1. The van der Waals surface area contributed by atoms with Crippen LogP contribution in [0.1, 0.15) is 33.6 Å². The maximum Gasteiger partial charge on any atom is 0.302 e. The van der Waals surface area contributed by atoms with E-state index < -0.39 is 23.3 Å². The van der Waals surface area contributed by atoms with Gasteiger partial charge in [0.15, 0.2) is 10.8 Å². The summed E-state index contributed by atoms with van der Waals surface area (Å²) in [5.74, 6) is -1.38. The average molecular weight is 442 g/mol. The molecule has 0 radical (unpaired) electrons. The number of halogens is 1. The molecule has 164 valence electrons. The fourth-order valence-corrected chi connectivity index (χ4v) is 3.04. The predicted molar refractivity (Wildman–Crippen MR) is 106 cm³/mol. The summed E-state index contributed by atoms with van der Waals surface area (Å²) in [6, 6.07) is 0. The minimum atomic E-state index is -0.800. The third-order valence-corrected chi connectivity index (χ3v) is 4.69. The third-order valence-electron chi connectivity index (χ3n) is 4.42. The van der Waals surface area contributed by atoms with Crippen molar-refractivity contribution in [2.45, 2.75) is 40.2 Å². The number of anilines is 1. The van der Waals surface area contributed by atoms with Crippen LogP contribution in [0.3, 0.4) is 0 Å². The van der Waals surface area contributed by atoms with E-state index >= 15 is 0 Å². The summed E-state index contributed by atoms with van der Waals surface area (Å²) in [6.07, 6.45) is 2.23. The molecule has 2 rings (SSSR count). The first-order chi connectivity index (χ1) is 14.1. The second kappa shape index (κ2) is 10.2. The molecule has 2 heterocycles. The van der Waals surface area contributed by atoms with Crippen molar-refractivity contribution in [3.63, 3.8) is 0 Å². The lowest BCUT2D eigenvalue weighted by Gasteiger charge is -2.32. The minimum absolute atomic E-state index is 0.00944. The average Bonchev–Trinajstić information content (AvgIpc) is 3.05. The first-order valence-electron chi connectivity index (χ1n) is 9.16. The van der Waals surface area contributed by atoms with Crippen molar-refractivity contribution in [3.05, 3.63) is 11.5 Å². The van der Waals surface area contributed by atoms with E-state index in [0.29, 0.717) is 30.6 Å². The van der Waals surface area contributed by atoms with Gasteiger partial charge in [-0.3, -0.25) is 14.4 Å². The van der Waals surface area contributed by atoms with Crippen molar-refractivity contribution in [1.82, 2.24) is 19.5 Å². The monoisotopic (exact) mass is 441 g/mol. The van der Waals surface area contributed by atoms with Crippen LogP contribution < -0.4 is 5.73 Å². The molecule has 11 nitrogen and oxygen atoms in total. The SMILES string of the molecule is CC(=O)OCCC(CCn1cnc2c(Cl)nc(N)nc21)(COC(C)=O)COC(C)=O. The van der Waals surface area contributed by atoms with E-state index in [9.17, 15) is 14.4 Å². The fourth-order valence-electron chi connectivity index (χ4n) is 2.82. The van der Waals surface area contributed by atoms with Crippen molar-refractivity contribution >= 4 is 46.6 Å². The Kier molecular flexibility index (Phi) is 7.93. The normalized spacial score (nSPS) is 11.3. The Morgan fingerprint density at radius 1 is 1.03 bits per heavy atom. The van der Waals surface area contributed by atoms with E-state index in [-0.39, 0.29) is 30.9 Å². The Hall–Kier alpha value is -2.95. The molecule has 2 N–H and O–H groups in total. The van der Waals surface area contributed by atoms with Crippen molar-refractivity contribution in [2.24, 2.45) is 5.41 Å². The van der Waals surface area contributed by atoms with Crippen LogP contribution in [0.15, 0.2) is 6.33 Å². The van der Waals surface area contributed by atoms with Crippen LogP contribution in [0.25, 0.3) is 11.2 Å². The first-order valence-corrected chi connectivity index (χ1v) is 9.53. The largest absolute Gasteiger partial charge is 0.466 e. The van der Waals surface area contributed by atoms with Gasteiger partial charge in [0.2, 0.25) is 5.95 Å². The molecule has 0 amide bonds. The first kappa shape index (κ1) is 23.3. The van der Waals surface area contributed by atoms with E-state index in [1.54, 1.807) is 10.9 Å². The number of nitrogens with zero attached hydrogens (tertiary/aromatic N) is 4. The molecule has 12 heteroatoms. The summed E-state index contributed by atoms with van der Waals surface area (Å²) in [5, 5.41) is 0.136. The second-order valence-corrected chi connectivity index (χ2v) is 7.24. The molecule has 0 bridgehead atoms. The molecule has 0 saturated carbocycles. The number of ether oxygens (including phenoxy) is 3. The van der Waals surface area contributed by atoms with Gasteiger partial charge in [0.1, 0.15) is 18.7 Å². The minimum Gasteiger partial charge on any atom is -0.466 e. The van der Waals surface area contributed by atoms with Gasteiger partial charge in [-0.05, 0) is 12.8 Å². The summed E-state index contributed by atoms with van der Waals surface area (Å²) in [5.41, 5.74) is 5.72. The van der Waals surface area contributed by atoms with Crippen LogP contribution in [0.2, 0.25) is 5.15 Å². The molecular formula is C18H24ClN5O6.